The normalized spacial score (nSPS) is 24.1. The average molecular weight is 475 g/mol. The van der Waals surface area contributed by atoms with E-state index in [1.54, 1.807) is 4.90 Å². The summed E-state index contributed by atoms with van der Waals surface area (Å²) in [6.45, 7) is 1.34. The minimum atomic E-state index is -0.874. The summed E-state index contributed by atoms with van der Waals surface area (Å²) in [5.74, 6) is -1.25. The Morgan fingerprint density at radius 3 is 2.40 bits per heavy atom. The molecule has 3 aliphatic heterocycles. The molecule has 8 nitrogen and oxygen atoms in total. The summed E-state index contributed by atoms with van der Waals surface area (Å²) < 4.78 is 0. The molecule has 5 rings (SSSR count). The number of benzene rings is 2. The molecule has 0 aliphatic carbocycles. The van der Waals surface area contributed by atoms with Crippen molar-refractivity contribution in [1.29, 1.82) is 0 Å². The van der Waals surface area contributed by atoms with Crippen LogP contribution in [-0.2, 0) is 25.6 Å². The number of para-hydroxylation sites is 1. The van der Waals surface area contributed by atoms with Gasteiger partial charge in [-0.05, 0) is 42.9 Å². The molecule has 2 aromatic rings. The molecule has 0 aromatic heterocycles. The van der Waals surface area contributed by atoms with Crippen LogP contribution in [0.4, 0.5) is 5.69 Å². The molecule has 3 aliphatic rings. The smallest absolute Gasteiger partial charge is 0.250 e. The summed E-state index contributed by atoms with van der Waals surface area (Å²) in [7, 11) is 0. The van der Waals surface area contributed by atoms with E-state index in [2.05, 4.69) is 10.6 Å². The lowest BCUT2D eigenvalue weighted by Crippen LogP contribution is -2.56. The van der Waals surface area contributed by atoms with Crippen molar-refractivity contribution in [3.8, 4) is 0 Å². The highest BCUT2D eigenvalue weighted by atomic mass is 16.2. The number of hydrogen-bond acceptors (Lipinski definition) is 4. The topological polar surface area (TPSA) is 98.8 Å². The first-order valence-corrected chi connectivity index (χ1v) is 12.3. The number of amides is 4. The van der Waals surface area contributed by atoms with E-state index in [1.807, 2.05) is 54.6 Å². The van der Waals surface area contributed by atoms with Gasteiger partial charge in [-0.1, -0.05) is 48.5 Å². The Kier molecular flexibility index (Phi) is 6.53. The summed E-state index contributed by atoms with van der Waals surface area (Å²) in [6.07, 6.45) is 3.16. The fraction of sp³-hybridized carbons (Fsp3) is 0.407. The average Bonchev–Trinajstić information content (AvgIpc) is 3.55. The molecule has 2 aromatic carbocycles. The van der Waals surface area contributed by atoms with Crippen molar-refractivity contribution in [2.75, 3.05) is 24.5 Å². The van der Waals surface area contributed by atoms with E-state index in [4.69, 9.17) is 0 Å². The Labute approximate surface area is 204 Å². The van der Waals surface area contributed by atoms with Crippen molar-refractivity contribution in [3.63, 3.8) is 0 Å². The second kappa shape index (κ2) is 9.90. The Hall–Kier alpha value is -3.68. The van der Waals surface area contributed by atoms with Gasteiger partial charge in [0.25, 0.3) is 5.91 Å². The molecule has 0 bridgehead atoms. The Morgan fingerprint density at radius 2 is 1.69 bits per heavy atom. The van der Waals surface area contributed by atoms with Gasteiger partial charge >= 0.3 is 0 Å². The predicted molar refractivity (Wildman–Crippen MR) is 131 cm³/mol. The molecule has 0 spiro atoms. The van der Waals surface area contributed by atoms with Gasteiger partial charge in [-0.25, -0.2) is 0 Å². The zero-order chi connectivity index (χ0) is 24.4. The third kappa shape index (κ3) is 4.78. The summed E-state index contributed by atoms with van der Waals surface area (Å²) in [6, 6.07) is 15.8. The van der Waals surface area contributed by atoms with Crippen molar-refractivity contribution in [1.82, 2.24) is 15.5 Å². The lowest BCUT2D eigenvalue weighted by molar-refractivity contribution is -0.132. The fourth-order valence-corrected chi connectivity index (χ4v) is 5.36. The van der Waals surface area contributed by atoms with Gasteiger partial charge in [0.15, 0.2) is 0 Å². The number of likely N-dealkylation sites (tertiary alicyclic amines) is 1. The molecule has 0 saturated carbocycles. The van der Waals surface area contributed by atoms with E-state index in [0.717, 1.165) is 24.0 Å². The summed E-state index contributed by atoms with van der Waals surface area (Å²) in [5, 5.41) is 5.65. The molecule has 3 atom stereocenters. The van der Waals surface area contributed by atoms with E-state index < -0.39 is 12.1 Å². The van der Waals surface area contributed by atoms with Gasteiger partial charge < -0.3 is 20.4 Å². The van der Waals surface area contributed by atoms with E-state index in [9.17, 15) is 19.2 Å². The van der Waals surface area contributed by atoms with E-state index >= 15 is 0 Å². The third-order valence-corrected chi connectivity index (χ3v) is 7.25. The van der Waals surface area contributed by atoms with Crippen molar-refractivity contribution < 1.29 is 19.2 Å². The number of nitrogens with one attached hydrogen (secondary N) is 2. The summed E-state index contributed by atoms with van der Waals surface area (Å²) in [4.78, 5) is 55.4. The highest BCUT2D eigenvalue weighted by Gasteiger charge is 2.41. The SMILES string of the molecule is O=C1CC[C@@H](C(=O)N[C@H]2C(=O)N(CC(=O)N3CCCC3)c3ccccc3C[C@@H]2c2ccccc2)N1. The second-order valence-corrected chi connectivity index (χ2v) is 9.51. The monoisotopic (exact) mass is 474 g/mol. The van der Waals surface area contributed by atoms with Crippen LogP contribution in [0.25, 0.3) is 0 Å². The zero-order valence-corrected chi connectivity index (χ0v) is 19.6. The molecule has 4 amide bonds. The minimum absolute atomic E-state index is 0.0656. The molecule has 2 fully saturated rings. The quantitative estimate of drug-likeness (QED) is 0.690. The van der Waals surface area contributed by atoms with Crippen LogP contribution in [0.15, 0.2) is 54.6 Å². The van der Waals surface area contributed by atoms with Gasteiger partial charge in [-0.3, -0.25) is 19.2 Å². The maximum absolute atomic E-state index is 14.1. The van der Waals surface area contributed by atoms with Crippen molar-refractivity contribution in [2.45, 2.75) is 50.1 Å². The number of fused-ring (bicyclic) bond motifs is 1. The van der Waals surface area contributed by atoms with Crippen LogP contribution in [0.3, 0.4) is 0 Å². The van der Waals surface area contributed by atoms with Gasteiger partial charge in [0.1, 0.15) is 18.6 Å². The minimum Gasteiger partial charge on any atom is -0.344 e. The maximum atomic E-state index is 14.1. The molecule has 2 N–H and O–H groups in total. The van der Waals surface area contributed by atoms with Gasteiger partial charge in [-0.2, -0.15) is 0 Å². The molecule has 3 heterocycles. The highest BCUT2D eigenvalue weighted by molar-refractivity contribution is 6.05. The van der Waals surface area contributed by atoms with Crippen LogP contribution in [0.1, 0.15) is 42.7 Å². The zero-order valence-electron chi connectivity index (χ0n) is 19.6. The lowest BCUT2D eigenvalue weighted by Gasteiger charge is -2.30. The standard InChI is InChI=1S/C27H30N4O4/c32-23-13-12-21(28-23)26(34)29-25-20(18-8-2-1-3-9-18)16-19-10-4-5-11-22(19)31(27(25)35)17-24(33)30-14-6-7-15-30/h1-5,8-11,20-21,25H,6-7,12-17H2,(H,28,32)(H,29,34)/t20-,21+,25-/m1/s1. The van der Waals surface area contributed by atoms with E-state index in [-0.39, 0.29) is 36.1 Å². The van der Waals surface area contributed by atoms with Crippen LogP contribution in [0.5, 0.6) is 0 Å². The van der Waals surface area contributed by atoms with Gasteiger partial charge in [0.2, 0.25) is 17.7 Å². The molecule has 35 heavy (non-hydrogen) atoms. The molecular formula is C27H30N4O4. The number of hydrogen-bond donors (Lipinski definition) is 2. The first-order valence-electron chi connectivity index (χ1n) is 12.3. The Morgan fingerprint density at radius 1 is 0.971 bits per heavy atom. The van der Waals surface area contributed by atoms with Gasteiger partial charge in [0, 0.05) is 31.1 Å². The van der Waals surface area contributed by atoms with Crippen LogP contribution in [0, 0.1) is 0 Å². The molecule has 0 radical (unpaired) electrons. The number of carbonyl (C=O) groups is 4. The van der Waals surface area contributed by atoms with E-state index in [0.29, 0.717) is 38.0 Å². The number of nitrogens with zero attached hydrogens (tertiary/aromatic N) is 2. The maximum Gasteiger partial charge on any atom is 0.250 e. The Bertz CT molecular complexity index is 1130. The van der Waals surface area contributed by atoms with Crippen LogP contribution < -0.4 is 15.5 Å². The molecule has 2 saturated heterocycles. The molecule has 8 heteroatoms. The first kappa shape index (κ1) is 23.1. The number of rotatable bonds is 5. The Balaban J connectivity index is 1.51. The number of carbonyl (C=O) groups excluding carboxylic acids is 4. The molecule has 0 unspecified atom stereocenters. The summed E-state index contributed by atoms with van der Waals surface area (Å²) in [5.41, 5.74) is 2.59. The van der Waals surface area contributed by atoms with Crippen LogP contribution in [-0.4, -0.2) is 60.2 Å². The second-order valence-electron chi connectivity index (χ2n) is 9.51. The molecule has 182 valence electrons. The number of anilines is 1. The molecular weight excluding hydrogens is 444 g/mol. The van der Waals surface area contributed by atoms with Crippen molar-refractivity contribution >= 4 is 29.3 Å². The van der Waals surface area contributed by atoms with E-state index in [1.165, 1.54) is 4.90 Å². The predicted octanol–water partition coefficient (Wildman–Crippen LogP) is 1.75. The van der Waals surface area contributed by atoms with Crippen molar-refractivity contribution in [2.24, 2.45) is 0 Å². The van der Waals surface area contributed by atoms with Crippen LogP contribution >= 0.6 is 0 Å². The summed E-state index contributed by atoms with van der Waals surface area (Å²) >= 11 is 0. The lowest BCUT2D eigenvalue weighted by atomic mass is 9.86. The van der Waals surface area contributed by atoms with Crippen LogP contribution in [0.2, 0.25) is 0 Å². The third-order valence-electron chi connectivity index (χ3n) is 7.25. The fourth-order valence-electron chi connectivity index (χ4n) is 5.36. The first-order chi connectivity index (χ1) is 17.0. The van der Waals surface area contributed by atoms with Gasteiger partial charge in [0.05, 0.1) is 0 Å². The van der Waals surface area contributed by atoms with Crippen molar-refractivity contribution in [3.05, 3.63) is 65.7 Å². The van der Waals surface area contributed by atoms with Gasteiger partial charge in [-0.15, -0.1) is 0 Å². The largest absolute Gasteiger partial charge is 0.344 e. The highest BCUT2D eigenvalue weighted by Crippen LogP contribution is 2.35.